The summed E-state index contributed by atoms with van der Waals surface area (Å²) in [5, 5.41) is 10.6. The number of rotatable bonds is 14. The van der Waals surface area contributed by atoms with Gasteiger partial charge in [-0.15, -0.1) is 6.58 Å². The first-order valence-corrected chi connectivity index (χ1v) is 11.3. The number of carbonyl (C=O) groups excluding carboxylic acids is 1. The van der Waals surface area contributed by atoms with Crippen molar-refractivity contribution in [1.29, 1.82) is 0 Å². The summed E-state index contributed by atoms with van der Waals surface area (Å²) >= 11 is 0. The first-order chi connectivity index (χ1) is 14.2. The third-order valence-electron chi connectivity index (χ3n) is 5.61. The van der Waals surface area contributed by atoms with Gasteiger partial charge in [0.2, 0.25) is 0 Å². The average molecular weight is 406 g/mol. The van der Waals surface area contributed by atoms with Crippen molar-refractivity contribution >= 4 is 5.97 Å². The van der Waals surface area contributed by atoms with E-state index in [1.54, 1.807) is 0 Å². The number of carboxylic acids is 1. The van der Waals surface area contributed by atoms with Gasteiger partial charge in [-0.2, -0.15) is 0 Å². The largest absolute Gasteiger partial charge is 0.550 e. The molecule has 0 saturated carbocycles. The number of carbonyl (C=O) groups is 1. The second-order valence-corrected chi connectivity index (χ2v) is 8.09. The average Bonchev–Trinajstić information content (AvgIpc) is 3.18. The number of carboxylic acid groups (broad SMARTS) is 1. The highest BCUT2D eigenvalue weighted by Gasteiger charge is 2.35. The van der Waals surface area contributed by atoms with Crippen molar-refractivity contribution in [3.8, 4) is 0 Å². The molecule has 4 atom stereocenters. The Labute approximate surface area is 175 Å². The van der Waals surface area contributed by atoms with E-state index < -0.39 is 12.1 Å². The van der Waals surface area contributed by atoms with Gasteiger partial charge in [0, 0.05) is 12.4 Å². The number of unbranched alkanes of at least 4 members (excludes halogenated alkanes) is 5. The summed E-state index contributed by atoms with van der Waals surface area (Å²) in [5.74, 6) is -1.10. The molecular formula is C24H37O5-. The summed E-state index contributed by atoms with van der Waals surface area (Å²) in [6.45, 7) is 3.72. The van der Waals surface area contributed by atoms with Gasteiger partial charge >= 0.3 is 0 Å². The number of hydrogen-bond donors (Lipinski definition) is 0. The molecule has 2 saturated heterocycles. The lowest BCUT2D eigenvalue weighted by Crippen LogP contribution is -2.38. The molecule has 0 unspecified atom stereocenters. The third kappa shape index (κ3) is 10.2. The monoisotopic (exact) mass is 405 g/mol. The fraction of sp³-hybridized carbons (Fsp3) is 0.708. The summed E-state index contributed by atoms with van der Waals surface area (Å²) in [7, 11) is 0. The van der Waals surface area contributed by atoms with Gasteiger partial charge in [-0.25, -0.2) is 9.78 Å². The number of allylic oxidation sites excluding steroid dienone is 5. The van der Waals surface area contributed by atoms with Crippen LogP contribution in [-0.2, 0) is 19.3 Å². The zero-order chi connectivity index (χ0) is 20.7. The third-order valence-corrected chi connectivity index (χ3v) is 5.61. The molecule has 29 heavy (non-hydrogen) atoms. The van der Waals surface area contributed by atoms with Gasteiger partial charge in [0.15, 0.2) is 0 Å². The van der Waals surface area contributed by atoms with Crippen molar-refractivity contribution in [2.75, 3.05) is 0 Å². The van der Waals surface area contributed by atoms with Crippen LogP contribution in [0, 0.1) is 0 Å². The quantitative estimate of drug-likeness (QED) is 0.183. The van der Waals surface area contributed by atoms with E-state index >= 15 is 0 Å². The Morgan fingerprint density at radius 1 is 0.862 bits per heavy atom. The van der Waals surface area contributed by atoms with Crippen LogP contribution in [0.1, 0.15) is 83.5 Å². The Bertz CT molecular complexity index is 519. The molecule has 164 valence electrons. The Hall–Kier alpha value is -1.43. The summed E-state index contributed by atoms with van der Waals surface area (Å²) < 4.78 is 6.16. The van der Waals surface area contributed by atoms with E-state index in [9.17, 15) is 9.90 Å². The van der Waals surface area contributed by atoms with E-state index in [-0.39, 0.29) is 18.6 Å². The van der Waals surface area contributed by atoms with E-state index in [1.165, 1.54) is 25.7 Å². The van der Waals surface area contributed by atoms with E-state index in [4.69, 9.17) is 14.5 Å². The molecule has 0 N–H and O–H groups in total. The predicted octanol–water partition coefficient (Wildman–Crippen LogP) is 4.57. The summed E-state index contributed by atoms with van der Waals surface area (Å²) in [4.78, 5) is 21.2. The standard InChI is InChI=1S/C24H38O5/c1-2-3-4-5-6-7-8-9-10-11-12-13-14-20-15-17-22(27-20)23-18-16-21(28-29-23)19-24(25)26/h2,5-8,20-23H,1,3-4,9-19H2,(H,25,26)/p-1/b6-5-,8-7-/t20-,21+,22+,23+/m1/s1. The Morgan fingerprint density at radius 3 is 2.31 bits per heavy atom. The van der Waals surface area contributed by atoms with Gasteiger partial charge in [0.05, 0.1) is 18.3 Å². The van der Waals surface area contributed by atoms with E-state index in [2.05, 4.69) is 30.9 Å². The maximum atomic E-state index is 10.6. The molecule has 2 heterocycles. The highest BCUT2D eigenvalue weighted by Crippen LogP contribution is 2.31. The fourth-order valence-corrected chi connectivity index (χ4v) is 3.94. The summed E-state index contributed by atoms with van der Waals surface area (Å²) in [6, 6.07) is 0. The van der Waals surface area contributed by atoms with Crippen LogP contribution >= 0.6 is 0 Å². The Balaban J connectivity index is 1.46. The van der Waals surface area contributed by atoms with E-state index in [0.717, 1.165) is 44.9 Å². The molecule has 2 rings (SSSR count). The van der Waals surface area contributed by atoms with Gasteiger partial charge in [-0.1, -0.05) is 49.6 Å². The van der Waals surface area contributed by atoms with Crippen LogP contribution in [0.3, 0.4) is 0 Å². The molecule has 0 aromatic heterocycles. The van der Waals surface area contributed by atoms with Crippen LogP contribution in [0.4, 0.5) is 0 Å². The molecule has 0 radical (unpaired) electrons. The molecule has 0 amide bonds. The smallest absolute Gasteiger partial charge is 0.119 e. The molecule has 5 heteroatoms. The van der Waals surface area contributed by atoms with E-state index in [1.807, 2.05) is 6.08 Å². The Morgan fingerprint density at radius 2 is 1.59 bits per heavy atom. The van der Waals surface area contributed by atoms with Crippen molar-refractivity contribution in [3.05, 3.63) is 37.0 Å². The molecule has 2 aliphatic rings. The number of hydrogen-bond acceptors (Lipinski definition) is 5. The van der Waals surface area contributed by atoms with Crippen molar-refractivity contribution in [1.82, 2.24) is 0 Å². The first-order valence-electron chi connectivity index (χ1n) is 11.3. The number of aliphatic carboxylic acids is 1. The van der Waals surface area contributed by atoms with Crippen LogP contribution in [0.25, 0.3) is 0 Å². The van der Waals surface area contributed by atoms with E-state index in [0.29, 0.717) is 12.5 Å². The van der Waals surface area contributed by atoms with Crippen LogP contribution < -0.4 is 5.11 Å². The molecule has 0 spiro atoms. The minimum atomic E-state index is -1.10. The second-order valence-electron chi connectivity index (χ2n) is 8.09. The molecule has 5 nitrogen and oxygen atoms in total. The SMILES string of the molecule is C=CCC/C=C\C=C/CCCCCC[C@@H]1CC[C@@H]([C@@H]2CC[C@@H](CC(=O)[O-])OO2)O1. The Kier molecular flexibility index (Phi) is 12.0. The molecule has 0 aromatic rings. The zero-order valence-electron chi connectivity index (χ0n) is 17.6. The second kappa shape index (κ2) is 14.5. The molecule has 2 fully saturated rings. The van der Waals surface area contributed by atoms with Crippen LogP contribution in [0.15, 0.2) is 37.0 Å². The van der Waals surface area contributed by atoms with Gasteiger partial charge in [-0.3, -0.25) is 0 Å². The highest BCUT2D eigenvalue weighted by atomic mass is 17.2. The molecule has 0 aliphatic carbocycles. The summed E-state index contributed by atoms with van der Waals surface area (Å²) in [5.41, 5.74) is 0. The van der Waals surface area contributed by atoms with Gasteiger partial charge in [0.25, 0.3) is 0 Å². The van der Waals surface area contributed by atoms with Crippen molar-refractivity contribution in [2.24, 2.45) is 0 Å². The van der Waals surface area contributed by atoms with Crippen molar-refractivity contribution < 1.29 is 24.4 Å². The van der Waals surface area contributed by atoms with Crippen LogP contribution in [-0.4, -0.2) is 30.4 Å². The predicted molar refractivity (Wildman–Crippen MR) is 112 cm³/mol. The zero-order valence-corrected chi connectivity index (χ0v) is 17.6. The molecule has 2 aliphatic heterocycles. The van der Waals surface area contributed by atoms with Gasteiger partial charge in [-0.05, 0) is 57.8 Å². The fourth-order valence-electron chi connectivity index (χ4n) is 3.94. The van der Waals surface area contributed by atoms with Crippen LogP contribution in [0.5, 0.6) is 0 Å². The molecule has 0 aromatic carbocycles. The minimum absolute atomic E-state index is 0.0735. The summed E-state index contributed by atoms with van der Waals surface area (Å²) in [6.07, 6.45) is 23.4. The molecular weight excluding hydrogens is 368 g/mol. The van der Waals surface area contributed by atoms with Gasteiger partial charge < -0.3 is 14.6 Å². The molecule has 0 bridgehead atoms. The lowest BCUT2D eigenvalue weighted by atomic mass is 10.0. The van der Waals surface area contributed by atoms with Crippen molar-refractivity contribution in [3.63, 3.8) is 0 Å². The van der Waals surface area contributed by atoms with Gasteiger partial charge in [0.1, 0.15) is 6.10 Å². The van der Waals surface area contributed by atoms with Crippen molar-refractivity contribution in [2.45, 2.75) is 108 Å². The highest BCUT2D eigenvalue weighted by molar-refractivity contribution is 5.64. The number of ether oxygens (including phenoxy) is 1. The minimum Gasteiger partial charge on any atom is -0.550 e. The maximum Gasteiger partial charge on any atom is 0.119 e. The first kappa shape index (κ1) is 23.8. The van der Waals surface area contributed by atoms with Crippen LogP contribution in [0.2, 0.25) is 0 Å². The maximum absolute atomic E-state index is 10.6. The normalized spacial score (nSPS) is 27.7. The topological polar surface area (TPSA) is 67.8 Å². The lowest BCUT2D eigenvalue weighted by Gasteiger charge is -2.31. The lowest BCUT2D eigenvalue weighted by molar-refractivity contribution is -0.389.